The van der Waals surface area contributed by atoms with Crippen molar-refractivity contribution in [2.45, 2.75) is 13.0 Å². The Morgan fingerprint density at radius 1 is 1.17 bits per heavy atom. The summed E-state index contributed by atoms with van der Waals surface area (Å²) in [6.07, 6.45) is 3.34. The molecule has 1 aromatic carbocycles. The van der Waals surface area contributed by atoms with Gasteiger partial charge < -0.3 is 5.32 Å². The zero-order valence-electron chi connectivity index (χ0n) is 10.2. The van der Waals surface area contributed by atoms with Gasteiger partial charge in [-0.3, -0.25) is 4.98 Å². The van der Waals surface area contributed by atoms with E-state index in [0.717, 1.165) is 23.3 Å². The van der Waals surface area contributed by atoms with Crippen LogP contribution in [0.1, 0.15) is 22.7 Å². The van der Waals surface area contributed by atoms with Gasteiger partial charge in [0.05, 0.1) is 6.04 Å². The van der Waals surface area contributed by atoms with Crippen LogP contribution in [0.5, 0.6) is 0 Å². The Bertz CT molecular complexity index is 555. The first kappa shape index (κ1) is 12.6. The largest absolute Gasteiger partial charge is 0.309 e. The van der Waals surface area contributed by atoms with Gasteiger partial charge >= 0.3 is 0 Å². The highest BCUT2D eigenvalue weighted by atomic mass is 19.1. The van der Waals surface area contributed by atoms with E-state index in [-0.39, 0.29) is 5.56 Å². The lowest BCUT2D eigenvalue weighted by molar-refractivity contribution is 0.557. The first-order valence-electron chi connectivity index (χ1n) is 5.66. The molecule has 1 atom stereocenters. The van der Waals surface area contributed by atoms with Crippen LogP contribution in [-0.2, 0) is 0 Å². The van der Waals surface area contributed by atoms with E-state index in [1.54, 1.807) is 19.4 Å². The number of rotatable bonds is 3. The van der Waals surface area contributed by atoms with Gasteiger partial charge in [0, 0.05) is 18.0 Å². The van der Waals surface area contributed by atoms with Crippen molar-refractivity contribution in [2.24, 2.45) is 0 Å². The second kappa shape index (κ2) is 5.23. The molecule has 0 fully saturated rings. The second-order valence-electron chi connectivity index (χ2n) is 4.12. The first-order chi connectivity index (χ1) is 8.63. The summed E-state index contributed by atoms with van der Waals surface area (Å²) >= 11 is 0. The molecule has 2 aromatic rings. The summed E-state index contributed by atoms with van der Waals surface area (Å²) in [5, 5.41) is 3.00. The van der Waals surface area contributed by atoms with E-state index in [1.165, 1.54) is 6.07 Å². The van der Waals surface area contributed by atoms with Gasteiger partial charge in [-0.1, -0.05) is 0 Å². The van der Waals surface area contributed by atoms with E-state index in [1.807, 2.05) is 13.0 Å². The number of aromatic nitrogens is 1. The Kier molecular flexibility index (Phi) is 3.67. The molecule has 0 radical (unpaired) electrons. The van der Waals surface area contributed by atoms with Crippen molar-refractivity contribution >= 4 is 0 Å². The summed E-state index contributed by atoms with van der Waals surface area (Å²) in [6.45, 7) is 1.92. The number of aryl methyl sites for hydroxylation is 1. The van der Waals surface area contributed by atoms with Crippen molar-refractivity contribution in [2.75, 3.05) is 7.05 Å². The molecule has 94 valence electrons. The standard InChI is InChI=1S/C14H14F2N2/c1-9-5-6-18-8-12(9)14(17-2)11-7-10(15)3-4-13(11)16/h3-8,14,17H,1-2H3. The molecule has 0 saturated heterocycles. The van der Waals surface area contributed by atoms with Crippen LogP contribution in [0.4, 0.5) is 8.78 Å². The molecule has 1 heterocycles. The molecular weight excluding hydrogens is 234 g/mol. The maximum Gasteiger partial charge on any atom is 0.128 e. The Balaban J connectivity index is 2.52. The van der Waals surface area contributed by atoms with Gasteiger partial charge in [-0.25, -0.2) is 8.78 Å². The van der Waals surface area contributed by atoms with Crippen LogP contribution in [0.15, 0.2) is 36.7 Å². The fraction of sp³-hybridized carbons (Fsp3) is 0.214. The number of nitrogens with one attached hydrogen (secondary N) is 1. The zero-order valence-corrected chi connectivity index (χ0v) is 10.2. The quantitative estimate of drug-likeness (QED) is 0.903. The normalized spacial score (nSPS) is 12.4. The van der Waals surface area contributed by atoms with Crippen LogP contribution in [0.3, 0.4) is 0 Å². The molecular formula is C14H14F2N2. The maximum absolute atomic E-state index is 13.8. The highest BCUT2D eigenvalue weighted by molar-refractivity contribution is 5.35. The smallest absolute Gasteiger partial charge is 0.128 e. The van der Waals surface area contributed by atoms with Crippen molar-refractivity contribution < 1.29 is 8.78 Å². The SMILES string of the molecule is CNC(c1cnccc1C)c1cc(F)ccc1F. The predicted octanol–water partition coefficient (Wildman–Crippen LogP) is 2.98. The van der Waals surface area contributed by atoms with Gasteiger partial charge in [-0.2, -0.15) is 0 Å². The first-order valence-corrected chi connectivity index (χ1v) is 5.66. The molecule has 0 spiro atoms. The number of hydrogen-bond donors (Lipinski definition) is 1. The van der Waals surface area contributed by atoms with Crippen LogP contribution >= 0.6 is 0 Å². The molecule has 0 bridgehead atoms. The monoisotopic (exact) mass is 248 g/mol. The summed E-state index contributed by atoms with van der Waals surface area (Å²) in [7, 11) is 1.71. The van der Waals surface area contributed by atoms with Crippen LogP contribution in [0.2, 0.25) is 0 Å². The van der Waals surface area contributed by atoms with Gasteiger partial charge in [-0.15, -0.1) is 0 Å². The average Bonchev–Trinajstić information content (AvgIpc) is 2.36. The molecule has 1 aromatic heterocycles. The Morgan fingerprint density at radius 2 is 1.94 bits per heavy atom. The molecule has 2 rings (SSSR count). The Morgan fingerprint density at radius 3 is 2.61 bits per heavy atom. The molecule has 1 unspecified atom stereocenters. The number of hydrogen-bond acceptors (Lipinski definition) is 2. The number of pyridine rings is 1. The fourth-order valence-electron chi connectivity index (χ4n) is 1.99. The highest BCUT2D eigenvalue weighted by Gasteiger charge is 2.18. The Labute approximate surface area is 105 Å². The summed E-state index contributed by atoms with van der Waals surface area (Å²) in [6, 6.07) is 4.90. The van der Waals surface area contributed by atoms with Crippen LogP contribution in [0.25, 0.3) is 0 Å². The number of benzene rings is 1. The maximum atomic E-state index is 13.8. The minimum atomic E-state index is -0.451. The fourth-order valence-corrected chi connectivity index (χ4v) is 1.99. The van der Waals surface area contributed by atoms with Gasteiger partial charge in [-0.05, 0) is 49.4 Å². The van der Waals surface area contributed by atoms with Crippen molar-refractivity contribution in [3.05, 3.63) is 65.0 Å². The molecule has 1 N–H and O–H groups in total. The third kappa shape index (κ3) is 2.38. The number of halogens is 2. The molecule has 0 aliphatic heterocycles. The summed E-state index contributed by atoms with van der Waals surface area (Å²) in [5.74, 6) is -0.882. The van der Waals surface area contributed by atoms with E-state index in [9.17, 15) is 8.78 Å². The zero-order chi connectivity index (χ0) is 13.1. The van der Waals surface area contributed by atoms with Crippen LogP contribution in [0, 0.1) is 18.6 Å². The van der Waals surface area contributed by atoms with E-state index in [4.69, 9.17) is 0 Å². The van der Waals surface area contributed by atoms with Crippen molar-refractivity contribution in [1.29, 1.82) is 0 Å². The van der Waals surface area contributed by atoms with E-state index in [2.05, 4.69) is 10.3 Å². The van der Waals surface area contributed by atoms with Gasteiger partial charge in [0.15, 0.2) is 0 Å². The predicted molar refractivity (Wildman–Crippen MR) is 66.2 cm³/mol. The average molecular weight is 248 g/mol. The Hall–Kier alpha value is -1.81. The van der Waals surface area contributed by atoms with Crippen molar-refractivity contribution in [3.63, 3.8) is 0 Å². The van der Waals surface area contributed by atoms with Gasteiger partial charge in [0.25, 0.3) is 0 Å². The second-order valence-corrected chi connectivity index (χ2v) is 4.12. The minimum absolute atomic E-state index is 0.286. The lowest BCUT2D eigenvalue weighted by Crippen LogP contribution is -2.20. The van der Waals surface area contributed by atoms with Gasteiger partial charge in [0.2, 0.25) is 0 Å². The molecule has 0 saturated carbocycles. The molecule has 0 amide bonds. The van der Waals surface area contributed by atoms with Crippen molar-refractivity contribution in [3.8, 4) is 0 Å². The lowest BCUT2D eigenvalue weighted by Gasteiger charge is -2.19. The summed E-state index contributed by atoms with van der Waals surface area (Å²) < 4.78 is 27.0. The van der Waals surface area contributed by atoms with E-state index < -0.39 is 17.7 Å². The van der Waals surface area contributed by atoms with Gasteiger partial charge in [0.1, 0.15) is 11.6 Å². The number of nitrogens with zero attached hydrogens (tertiary/aromatic N) is 1. The lowest BCUT2D eigenvalue weighted by atomic mass is 9.96. The molecule has 0 aliphatic carbocycles. The molecule has 18 heavy (non-hydrogen) atoms. The third-order valence-electron chi connectivity index (χ3n) is 2.95. The topological polar surface area (TPSA) is 24.9 Å². The molecule has 4 heteroatoms. The molecule has 2 nitrogen and oxygen atoms in total. The summed E-state index contributed by atoms with van der Waals surface area (Å²) in [4.78, 5) is 4.04. The molecule has 0 aliphatic rings. The van der Waals surface area contributed by atoms with Crippen LogP contribution < -0.4 is 5.32 Å². The van der Waals surface area contributed by atoms with E-state index >= 15 is 0 Å². The minimum Gasteiger partial charge on any atom is -0.309 e. The van der Waals surface area contributed by atoms with Crippen molar-refractivity contribution in [1.82, 2.24) is 10.3 Å². The highest BCUT2D eigenvalue weighted by Crippen LogP contribution is 2.26. The van der Waals surface area contributed by atoms with Crippen LogP contribution in [-0.4, -0.2) is 12.0 Å². The third-order valence-corrected chi connectivity index (χ3v) is 2.95. The summed E-state index contributed by atoms with van der Waals surface area (Å²) in [5.41, 5.74) is 2.10. The van der Waals surface area contributed by atoms with E-state index in [0.29, 0.717) is 0 Å².